The molecule has 0 aliphatic carbocycles. The number of carbonyl (C=O) groups is 1. The molecule has 0 spiro atoms. The van der Waals surface area contributed by atoms with Crippen molar-refractivity contribution >= 4 is 43.8 Å². The van der Waals surface area contributed by atoms with E-state index in [4.69, 9.17) is 0 Å². The molecule has 1 atom stereocenters. The number of hydrogen-bond acceptors (Lipinski definition) is 7. The highest BCUT2D eigenvalue weighted by Crippen LogP contribution is 2.20. The van der Waals surface area contributed by atoms with Crippen LogP contribution < -0.4 is 5.56 Å². The van der Waals surface area contributed by atoms with Gasteiger partial charge in [-0.15, -0.1) is 23.1 Å². The van der Waals surface area contributed by atoms with E-state index in [0.717, 1.165) is 6.42 Å². The molecule has 2 aromatic rings. The highest BCUT2D eigenvalue weighted by atomic mass is 32.2. The summed E-state index contributed by atoms with van der Waals surface area (Å²) < 4.78 is 24.9. The number of carbonyl (C=O) groups excluding carboxylic acids is 1. The van der Waals surface area contributed by atoms with Gasteiger partial charge in [0.25, 0.3) is 5.56 Å². The second-order valence-electron chi connectivity index (χ2n) is 6.28. The van der Waals surface area contributed by atoms with Crippen LogP contribution in [0.4, 0.5) is 0 Å². The summed E-state index contributed by atoms with van der Waals surface area (Å²) in [7, 11) is -3.02. The summed E-state index contributed by atoms with van der Waals surface area (Å²) in [6, 6.07) is 1.28. The number of amides is 1. The number of sulfone groups is 1. The van der Waals surface area contributed by atoms with Gasteiger partial charge < -0.3 is 4.90 Å². The Bertz CT molecular complexity index is 951. The molecular weight excluding hydrogens is 394 g/mol. The maximum atomic E-state index is 12.6. The fourth-order valence-electron chi connectivity index (χ4n) is 3.06. The van der Waals surface area contributed by atoms with Crippen LogP contribution in [0, 0.1) is 0 Å². The molecular formula is C16H21N3O4S3. The molecule has 7 nitrogen and oxygen atoms in total. The lowest BCUT2D eigenvalue weighted by Gasteiger charge is -2.27. The monoisotopic (exact) mass is 415 g/mol. The summed E-state index contributed by atoms with van der Waals surface area (Å²) in [6.07, 6.45) is 3.00. The van der Waals surface area contributed by atoms with Crippen molar-refractivity contribution in [2.45, 2.75) is 31.6 Å². The first-order valence-electron chi connectivity index (χ1n) is 8.43. The average molecular weight is 416 g/mol. The van der Waals surface area contributed by atoms with E-state index in [9.17, 15) is 18.0 Å². The Morgan fingerprint density at radius 1 is 1.50 bits per heavy atom. The topological polar surface area (TPSA) is 88.8 Å². The van der Waals surface area contributed by atoms with Crippen molar-refractivity contribution in [2.75, 3.05) is 23.8 Å². The molecule has 2 aromatic heterocycles. The highest BCUT2D eigenvalue weighted by molar-refractivity contribution is 7.99. The maximum Gasteiger partial charge on any atom is 0.258 e. The van der Waals surface area contributed by atoms with Gasteiger partial charge in [0, 0.05) is 36.0 Å². The van der Waals surface area contributed by atoms with Gasteiger partial charge in [0.15, 0.2) is 14.8 Å². The van der Waals surface area contributed by atoms with Crippen molar-refractivity contribution in [3.8, 4) is 0 Å². The first-order chi connectivity index (χ1) is 12.4. The van der Waals surface area contributed by atoms with E-state index in [0.29, 0.717) is 29.4 Å². The van der Waals surface area contributed by atoms with E-state index in [2.05, 4.69) is 4.98 Å². The van der Waals surface area contributed by atoms with Gasteiger partial charge in [0.2, 0.25) is 5.91 Å². The molecule has 0 N–H and O–H groups in total. The molecule has 0 unspecified atom stereocenters. The molecule has 26 heavy (non-hydrogen) atoms. The predicted molar refractivity (Wildman–Crippen MR) is 105 cm³/mol. The average Bonchev–Trinajstić information content (AvgIpc) is 3.19. The first kappa shape index (κ1) is 19.4. The molecule has 1 amide bonds. The number of nitrogens with zero attached hydrogens (tertiary/aromatic N) is 3. The van der Waals surface area contributed by atoms with Gasteiger partial charge in [-0.1, -0.05) is 6.92 Å². The van der Waals surface area contributed by atoms with Gasteiger partial charge in [-0.3, -0.25) is 14.0 Å². The number of hydrogen-bond donors (Lipinski definition) is 0. The van der Waals surface area contributed by atoms with Crippen LogP contribution in [0.3, 0.4) is 0 Å². The van der Waals surface area contributed by atoms with Crippen LogP contribution in [0.15, 0.2) is 22.4 Å². The zero-order chi connectivity index (χ0) is 18.7. The van der Waals surface area contributed by atoms with Crippen molar-refractivity contribution in [2.24, 2.45) is 0 Å². The van der Waals surface area contributed by atoms with Gasteiger partial charge in [0.05, 0.1) is 23.0 Å². The van der Waals surface area contributed by atoms with E-state index in [1.54, 1.807) is 11.1 Å². The molecule has 1 aliphatic rings. The third kappa shape index (κ3) is 4.47. The van der Waals surface area contributed by atoms with Gasteiger partial charge in [-0.05, 0) is 12.8 Å². The minimum Gasteiger partial charge on any atom is -0.338 e. The molecule has 3 rings (SSSR count). The van der Waals surface area contributed by atoms with Gasteiger partial charge in [-0.2, -0.15) is 0 Å². The summed E-state index contributed by atoms with van der Waals surface area (Å²) in [6.45, 7) is 2.55. The molecule has 0 radical (unpaired) electrons. The molecule has 0 aromatic carbocycles. The van der Waals surface area contributed by atoms with Crippen LogP contribution in [0.25, 0.3) is 4.96 Å². The third-order valence-electron chi connectivity index (χ3n) is 4.27. The van der Waals surface area contributed by atoms with Gasteiger partial charge in [0.1, 0.15) is 0 Å². The van der Waals surface area contributed by atoms with Crippen LogP contribution in [0.1, 0.15) is 25.5 Å². The quantitative estimate of drug-likeness (QED) is 0.679. The van der Waals surface area contributed by atoms with E-state index < -0.39 is 9.84 Å². The minimum absolute atomic E-state index is 0.0483. The molecule has 1 saturated heterocycles. The summed E-state index contributed by atoms with van der Waals surface area (Å²) in [4.78, 5) is 31.3. The zero-order valence-electron chi connectivity index (χ0n) is 14.5. The Labute approximate surface area is 160 Å². The lowest BCUT2D eigenvalue weighted by molar-refractivity contribution is -0.130. The molecule has 0 bridgehead atoms. The second-order valence-corrected chi connectivity index (χ2v) is 10.4. The number of rotatable bonds is 7. The number of aromatic nitrogens is 2. The standard InChI is InChI=1S/C16H21N3O4S3/c1-2-4-18(13-3-7-26(22,23)11-13)15(21)10-24-9-12-8-14(20)19-5-6-25-16(19)17-12/h5-6,8,13H,2-4,7,9-11H2,1H3/t13-/m1/s1. The van der Waals surface area contributed by atoms with Crippen molar-refractivity contribution in [3.63, 3.8) is 0 Å². The number of thioether (sulfide) groups is 1. The Morgan fingerprint density at radius 3 is 3.00 bits per heavy atom. The van der Waals surface area contributed by atoms with E-state index in [-0.39, 0.29) is 34.8 Å². The fourth-order valence-corrected chi connectivity index (χ4v) is 6.33. The van der Waals surface area contributed by atoms with E-state index in [1.165, 1.54) is 33.6 Å². The number of thiazole rings is 1. The van der Waals surface area contributed by atoms with E-state index >= 15 is 0 Å². The Hall–Kier alpha value is -1.39. The van der Waals surface area contributed by atoms with Crippen LogP contribution in [0.2, 0.25) is 0 Å². The van der Waals surface area contributed by atoms with Gasteiger partial charge in [-0.25, -0.2) is 13.4 Å². The lowest BCUT2D eigenvalue weighted by atomic mass is 10.2. The number of fused-ring (bicyclic) bond motifs is 1. The predicted octanol–water partition coefficient (Wildman–Crippen LogP) is 1.41. The Morgan fingerprint density at radius 2 is 2.31 bits per heavy atom. The van der Waals surface area contributed by atoms with E-state index in [1.807, 2.05) is 12.3 Å². The van der Waals surface area contributed by atoms with Crippen molar-refractivity contribution in [3.05, 3.63) is 33.7 Å². The zero-order valence-corrected chi connectivity index (χ0v) is 16.9. The summed E-state index contributed by atoms with van der Waals surface area (Å²) in [5.41, 5.74) is 0.530. The normalized spacial score (nSPS) is 19.0. The Balaban J connectivity index is 1.60. The van der Waals surface area contributed by atoms with Crippen LogP contribution in [0.5, 0.6) is 0 Å². The second kappa shape index (κ2) is 8.10. The molecule has 1 fully saturated rings. The summed E-state index contributed by atoms with van der Waals surface area (Å²) in [5, 5.41) is 1.81. The third-order valence-corrected chi connectivity index (χ3v) is 7.72. The summed E-state index contributed by atoms with van der Waals surface area (Å²) in [5.74, 6) is 0.900. The molecule has 1 aliphatic heterocycles. The van der Waals surface area contributed by atoms with Gasteiger partial charge >= 0.3 is 0 Å². The van der Waals surface area contributed by atoms with Crippen molar-refractivity contribution in [1.82, 2.24) is 14.3 Å². The van der Waals surface area contributed by atoms with Crippen LogP contribution in [-0.2, 0) is 20.4 Å². The molecule has 0 saturated carbocycles. The van der Waals surface area contributed by atoms with Crippen molar-refractivity contribution in [1.29, 1.82) is 0 Å². The largest absolute Gasteiger partial charge is 0.338 e. The van der Waals surface area contributed by atoms with Crippen molar-refractivity contribution < 1.29 is 13.2 Å². The molecule has 3 heterocycles. The molecule has 10 heteroatoms. The smallest absolute Gasteiger partial charge is 0.258 e. The highest BCUT2D eigenvalue weighted by Gasteiger charge is 2.34. The summed E-state index contributed by atoms with van der Waals surface area (Å²) >= 11 is 2.79. The van der Waals surface area contributed by atoms with Crippen LogP contribution in [-0.4, -0.2) is 58.5 Å². The maximum absolute atomic E-state index is 12.6. The minimum atomic E-state index is -3.02. The van der Waals surface area contributed by atoms with Crippen LogP contribution >= 0.6 is 23.1 Å². The fraction of sp³-hybridized carbons (Fsp3) is 0.562. The molecule has 142 valence electrons. The Kier molecular flexibility index (Phi) is 6.03. The first-order valence-corrected chi connectivity index (χ1v) is 12.3. The lowest BCUT2D eigenvalue weighted by Crippen LogP contribution is -2.42. The SMILES string of the molecule is CCCN(C(=O)CSCc1cc(=O)n2ccsc2n1)[C@@H]1CCS(=O)(=O)C1.